The van der Waals surface area contributed by atoms with Gasteiger partial charge in [0.25, 0.3) is 10.2 Å². The van der Waals surface area contributed by atoms with E-state index in [1.54, 1.807) is 6.20 Å². The van der Waals surface area contributed by atoms with E-state index >= 15 is 0 Å². The fourth-order valence-electron chi connectivity index (χ4n) is 6.20. The standard InChI is InChI=1S/C25H22F5N3O2S2/c26-19-5-6-20(21(27)10-19)22-11-31-23(36-22)15-2-1-14-8-17-3-4-18(9-16(14)7-15)24(17)12-33(13-25(28,29)30)37(34,35)32-24/h1-2,5-7,10-11,17-18,32H,3-4,8-9,12-13H2/t17-,18?,24+/m0/s1. The summed E-state index contributed by atoms with van der Waals surface area (Å²) in [6.07, 6.45) is -0.507. The minimum Gasteiger partial charge on any atom is -0.244 e. The Morgan fingerprint density at radius 2 is 1.78 bits per heavy atom. The van der Waals surface area contributed by atoms with E-state index in [2.05, 4.69) is 9.71 Å². The van der Waals surface area contributed by atoms with Crippen LogP contribution in [0.5, 0.6) is 0 Å². The number of hydrogen-bond acceptors (Lipinski definition) is 4. The quantitative estimate of drug-likeness (QED) is 0.445. The van der Waals surface area contributed by atoms with Crippen molar-refractivity contribution in [3.05, 3.63) is 65.4 Å². The Kier molecular flexibility index (Phi) is 5.76. The number of nitrogens with zero attached hydrogens (tertiary/aromatic N) is 2. The molecule has 6 rings (SSSR count). The molecule has 1 aromatic heterocycles. The van der Waals surface area contributed by atoms with Crippen LogP contribution >= 0.6 is 11.3 Å². The van der Waals surface area contributed by atoms with Crippen LogP contribution in [0.3, 0.4) is 0 Å². The highest BCUT2D eigenvalue weighted by Crippen LogP contribution is 2.51. The first kappa shape index (κ1) is 24.9. The van der Waals surface area contributed by atoms with Gasteiger partial charge >= 0.3 is 6.18 Å². The van der Waals surface area contributed by atoms with Crippen molar-refractivity contribution in [1.29, 1.82) is 0 Å². The zero-order chi connectivity index (χ0) is 26.2. The van der Waals surface area contributed by atoms with Crippen LogP contribution in [-0.2, 0) is 23.1 Å². The number of rotatable bonds is 3. The molecular formula is C25H22F5N3O2S2. The van der Waals surface area contributed by atoms with Crippen LogP contribution in [0.15, 0.2) is 42.6 Å². The first-order valence-corrected chi connectivity index (χ1v) is 14.1. The summed E-state index contributed by atoms with van der Waals surface area (Å²) in [5.74, 6) is -1.57. The van der Waals surface area contributed by atoms with Gasteiger partial charge in [-0.2, -0.15) is 30.6 Å². The van der Waals surface area contributed by atoms with E-state index in [1.807, 2.05) is 18.2 Å². The minimum atomic E-state index is -4.62. The second-order valence-corrected chi connectivity index (χ2v) is 12.7. The third-order valence-corrected chi connectivity index (χ3v) is 10.5. The molecule has 1 spiro atoms. The lowest BCUT2D eigenvalue weighted by Gasteiger charge is -2.33. The molecule has 3 atom stereocenters. The summed E-state index contributed by atoms with van der Waals surface area (Å²) >= 11 is 1.28. The number of benzene rings is 2. The summed E-state index contributed by atoms with van der Waals surface area (Å²) in [4.78, 5) is 4.99. The van der Waals surface area contributed by atoms with Crippen molar-refractivity contribution >= 4 is 21.5 Å². The van der Waals surface area contributed by atoms with Gasteiger partial charge < -0.3 is 0 Å². The lowest BCUT2D eigenvalue weighted by atomic mass is 9.79. The molecule has 3 aliphatic rings. The van der Waals surface area contributed by atoms with Gasteiger partial charge in [-0.05, 0) is 66.8 Å². The summed E-state index contributed by atoms with van der Waals surface area (Å²) < 4.78 is 95.4. The van der Waals surface area contributed by atoms with E-state index in [1.165, 1.54) is 23.5 Å². The molecule has 1 saturated carbocycles. The maximum atomic E-state index is 14.2. The lowest BCUT2D eigenvalue weighted by Crippen LogP contribution is -2.52. The Morgan fingerprint density at radius 3 is 2.49 bits per heavy atom. The highest BCUT2D eigenvalue weighted by molar-refractivity contribution is 7.87. The smallest absolute Gasteiger partial charge is 0.244 e. The fraction of sp³-hybridized carbons (Fsp3) is 0.400. The van der Waals surface area contributed by atoms with Crippen LogP contribution in [0, 0.1) is 23.5 Å². The molecule has 2 fully saturated rings. The normalized spacial score (nSPS) is 26.9. The summed E-state index contributed by atoms with van der Waals surface area (Å²) in [5, 5.41) is 0.656. The molecule has 2 aliphatic carbocycles. The number of nitrogens with one attached hydrogen (secondary N) is 1. The Bertz CT molecular complexity index is 1490. The van der Waals surface area contributed by atoms with E-state index in [-0.39, 0.29) is 23.9 Å². The number of fused-ring (bicyclic) bond motifs is 1. The molecule has 12 heteroatoms. The van der Waals surface area contributed by atoms with Gasteiger partial charge in [0, 0.05) is 29.9 Å². The van der Waals surface area contributed by atoms with E-state index in [9.17, 15) is 30.4 Å². The van der Waals surface area contributed by atoms with Gasteiger partial charge in [-0.3, -0.25) is 0 Å². The van der Waals surface area contributed by atoms with Crippen LogP contribution < -0.4 is 4.72 Å². The Hall–Kier alpha value is -2.41. The SMILES string of the molecule is O=S1(=O)N[C@@]2(CN1CC(F)(F)F)C1CC[C@H]2Cc2ccc(-c3ncc(-c4ccc(F)cc4F)s3)cc2C1. The largest absolute Gasteiger partial charge is 0.402 e. The van der Waals surface area contributed by atoms with Crippen molar-refractivity contribution in [3.63, 3.8) is 0 Å². The molecule has 3 aromatic rings. The molecule has 0 amide bonds. The fourth-order valence-corrected chi connectivity index (χ4v) is 8.85. The van der Waals surface area contributed by atoms with Crippen LogP contribution in [0.2, 0.25) is 0 Å². The van der Waals surface area contributed by atoms with E-state index < -0.39 is 40.1 Å². The highest BCUT2D eigenvalue weighted by atomic mass is 32.2. The number of thiazole rings is 1. The molecule has 0 radical (unpaired) electrons. The Labute approximate surface area is 214 Å². The topological polar surface area (TPSA) is 62.3 Å². The summed E-state index contributed by atoms with van der Waals surface area (Å²) in [7, 11) is -4.24. The van der Waals surface area contributed by atoms with Crippen molar-refractivity contribution in [2.24, 2.45) is 11.8 Å². The second-order valence-electron chi connectivity index (χ2n) is 10.0. The second kappa shape index (κ2) is 8.55. The maximum absolute atomic E-state index is 14.2. The maximum Gasteiger partial charge on any atom is 0.402 e. The Morgan fingerprint density at radius 1 is 1.05 bits per heavy atom. The molecule has 1 saturated heterocycles. The van der Waals surface area contributed by atoms with Gasteiger partial charge in [0.2, 0.25) is 0 Å². The zero-order valence-corrected chi connectivity index (χ0v) is 21.0. The van der Waals surface area contributed by atoms with Crippen molar-refractivity contribution in [2.45, 2.75) is 37.4 Å². The first-order valence-electron chi connectivity index (χ1n) is 11.8. The number of hydrogen-bond donors (Lipinski definition) is 1. The minimum absolute atomic E-state index is 0.106. The lowest BCUT2D eigenvalue weighted by molar-refractivity contribution is -0.136. The summed E-state index contributed by atoms with van der Waals surface area (Å²) in [6, 6.07) is 9.26. The van der Waals surface area contributed by atoms with Gasteiger partial charge in [-0.25, -0.2) is 13.8 Å². The molecule has 2 aromatic carbocycles. The average molecular weight is 556 g/mol. The van der Waals surface area contributed by atoms with Gasteiger partial charge in [0.1, 0.15) is 23.2 Å². The van der Waals surface area contributed by atoms with Crippen LogP contribution in [0.1, 0.15) is 24.0 Å². The van der Waals surface area contributed by atoms with Gasteiger partial charge in [0.15, 0.2) is 0 Å². The van der Waals surface area contributed by atoms with E-state index in [4.69, 9.17) is 0 Å². The molecule has 5 nitrogen and oxygen atoms in total. The molecule has 2 heterocycles. The summed E-state index contributed by atoms with van der Waals surface area (Å²) in [6.45, 7) is -1.69. The molecule has 196 valence electrons. The zero-order valence-electron chi connectivity index (χ0n) is 19.4. The molecule has 37 heavy (non-hydrogen) atoms. The highest BCUT2D eigenvalue weighted by Gasteiger charge is 2.60. The average Bonchev–Trinajstić information content (AvgIpc) is 3.42. The molecular weight excluding hydrogens is 533 g/mol. The molecule has 1 N–H and O–H groups in total. The first-order chi connectivity index (χ1) is 17.4. The molecule has 1 aliphatic heterocycles. The Balaban J connectivity index is 1.29. The van der Waals surface area contributed by atoms with Crippen molar-refractivity contribution < 1.29 is 30.4 Å². The van der Waals surface area contributed by atoms with Gasteiger partial charge in [-0.1, -0.05) is 12.1 Å². The summed E-state index contributed by atoms with van der Waals surface area (Å²) in [5.41, 5.74) is 2.20. The number of alkyl halides is 3. The predicted octanol–water partition coefficient (Wildman–Crippen LogP) is 5.33. The van der Waals surface area contributed by atoms with Crippen LogP contribution in [-0.4, -0.2) is 42.5 Å². The predicted molar refractivity (Wildman–Crippen MR) is 129 cm³/mol. The van der Waals surface area contributed by atoms with E-state index in [0.29, 0.717) is 27.0 Å². The third kappa shape index (κ3) is 4.37. The van der Waals surface area contributed by atoms with Crippen molar-refractivity contribution in [3.8, 4) is 21.0 Å². The number of aromatic nitrogens is 1. The number of halogens is 5. The third-order valence-electron chi connectivity index (χ3n) is 7.86. The van der Waals surface area contributed by atoms with Crippen molar-refractivity contribution in [1.82, 2.24) is 14.0 Å². The van der Waals surface area contributed by atoms with Gasteiger partial charge in [-0.15, -0.1) is 11.3 Å². The molecule has 2 bridgehead atoms. The van der Waals surface area contributed by atoms with Crippen molar-refractivity contribution in [2.75, 3.05) is 13.1 Å². The van der Waals surface area contributed by atoms with Crippen LogP contribution in [0.4, 0.5) is 22.0 Å². The monoisotopic (exact) mass is 555 g/mol. The van der Waals surface area contributed by atoms with E-state index in [0.717, 1.165) is 35.6 Å². The molecule has 1 unspecified atom stereocenters. The van der Waals surface area contributed by atoms with Crippen LogP contribution in [0.25, 0.3) is 21.0 Å². The van der Waals surface area contributed by atoms with Gasteiger partial charge in [0.05, 0.1) is 10.4 Å².